The highest BCUT2D eigenvalue weighted by molar-refractivity contribution is 5.79. The zero-order valence-electron chi connectivity index (χ0n) is 14.1. The molecule has 0 spiro atoms. The molecule has 0 saturated heterocycles. The zero-order chi connectivity index (χ0) is 15.7. The Morgan fingerprint density at radius 1 is 1.19 bits per heavy atom. The number of benzene rings is 1. The first-order valence-corrected chi connectivity index (χ1v) is 7.68. The van der Waals surface area contributed by atoms with Crippen molar-refractivity contribution in [2.24, 2.45) is 10.9 Å². The van der Waals surface area contributed by atoms with Crippen LogP contribution in [0.4, 0.5) is 0 Å². The van der Waals surface area contributed by atoms with Crippen LogP contribution >= 0.6 is 0 Å². The second-order valence-corrected chi connectivity index (χ2v) is 6.09. The van der Waals surface area contributed by atoms with E-state index in [0.717, 1.165) is 32.0 Å². The fraction of sp³-hybridized carbons (Fsp3) is 0.588. The first-order valence-electron chi connectivity index (χ1n) is 7.68. The summed E-state index contributed by atoms with van der Waals surface area (Å²) in [6.07, 6.45) is 1.15. The van der Waals surface area contributed by atoms with E-state index in [-0.39, 0.29) is 0 Å². The summed E-state index contributed by atoms with van der Waals surface area (Å²) in [6.45, 7) is 7.18. The molecule has 0 aliphatic heterocycles. The highest BCUT2D eigenvalue weighted by Gasteiger charge is 2.01. The molecule has 4 heteroatoms. The Kier molecular flexibility index (Phi) is 7.83. The minimum Gasteiger partial charge on any atom is -0.356 e. The summed E-state index contributed by atoms with van der Waals surface area (Å²) in [4.78, 5) is 6.44. The summed E-state index contributed by atoms with van der Waals surface area (Å²) >= 11 is 0. The molecule has 0 saturated carbocycles. The van der Waals surface area contributed by atoms with Crippen LogP contribution in [0.2, 0.25) is 0 Å². The van der Waals surface area contributed by atoms with Crippen molar-refractivity contribution in [1.29, 1.82) is 0 Å². The third-order valence-electron chi connectivity index (χ3n) is 3.19. The van der Waals surface area contributed by atoms with E-state index < -0.39 is 0 Å². The molecule has 0 radical (unpaired) electrons. The fourth-order valence-corrected chi connectivity index (χ4v) is 2.09. The van der Waals surface area contributed by atoms with Gasteiger partial charge in [-0.05, 0) is 37.6 Å². The van der Waals surface area contributed by atoms with Crippen LogP contribution < -0.4 is 10.6 Å². The molecular formula is C17H30N4. The lowest BCUT2D eigenvalue weighted by atomic mass is 10.1. The molecule has 0 fully saturated rings. The van der Waals surface area contributed by atoms with Crippen molar-refractivity contribution in [2.75, 3.05) is 27.7 Å². The molecule has 1 rings (SSSR count). The average Bonchev–Trinajstić information content (AvgIpc) is 2.42. The highest BCUT2D eigenvalue weighted by atomic mass is 15.2. The molecule has 118 valence electrons. The number of aliphatic imine (C=N–C) groups is 1. The van der Waals surface area contributed by atoms with E-state index in [4.69, 9.17) is 0 Å². The molecule has 0 aromatic heterocycles. The van der Waals surface area contributed by atoms with E-state index in [0.29, 0.717) is 5.92 Å². The van der Waals surface area contributed by atoms with Crippen molar-refractivity contribution in [3.05, 3.63) is 35.4 Å². The summed E-state index contributed by atoms with van der Waals surface area (Å²) in [6, 6.07) is 8.67. The number of nitrogens with one attached hydrogen (secondary N) is 2. The number of nitrogens with zero attached hydrogens (tertiary/aromatic N) is 2. The van der Waals surface area contributed by atoms with Crippen molar-refractivity contribution in [3.8, 4) is 0 Å². The Morgan fingerprint density at radius 2 is 1.90 bits per heavy atom. The smallest absolute Gasteiger partial charge is 0.191 e. The van der Waals surface area contributed by atoms with Crippen LogP contribution in [-0.2, 0) is 13.1 Å². The normalized spacial score (nSPS) is 12.0. The Hall–Kier alpha value is -1.55. The predicted molar refractivity (Wildman–Crippen MR) is 91.5 cm³/mol. The van der Waals surface area contributed by atoms with E-state index in [2.05, 4.69) is 72.7 Å². The number of rotatable bonds is 7. The van der Waals surface area contributed by atoms with E-state index in [1.54, 1.807) is 0 Å². The van der Waals surface area contributed by atoms with E-state index in [1.165, 1.54) is 11.1 Å². The van der Waals surface area contributed by atoms with Gasteiger partial charge in [-0.2, -0.15) is 0 Å². The summed E-state index contributed by atoms with van der Waals surface area (Å²) < 4.78 is 0. The van der Waals surface area contributed by atoms with Gasteiger partial charge < -0.3 is 15.5 Å². The molecule has 1 aromatic carbocycles. The summed E-state index contributed by atoms with van der Waals surface area (Å²) in [5.41, 5.74) is 2.61. The maximum absolute atomic E-state index is 4.26. The maximum Gasteiger partial charge on any atom is 0.191 e. The first kappa shape index (κ1) is 17.5. The summed E-state index contributed by atoms with van der Waals surface area (Å²) in [5.74, 6) is 1.58. The lowest BCUT2D eigenvalue weighted by molar-refractivity contribution is 0.402. The number of hydrogen-bond acceptors (Lipinski definition) is 2. The minimum atomic E-state index is 0.707. The van der Waals surface area contributed by atoms with Gasteiger partial charge in [-0.3, -0.25) is 4.99 Å². The third kappa shape index (κ3) is 7.71. The van der Waals surface area contributed by atoms with Gasteiger partial charge in [-0.1, -0.05) is 38.1 Å². The Labute approximate surface area is 129 Å². The molecule has 0 aliphatic rings. The van der Waals surface area contributed by atoms with Crippen LogP contribution in [0.3, 0.4) is 0 Å². The third-order valence-corrected chi connectivity index (χ3v) is 3.19. The number of guanidine groups is 1. The molecule has 4 nitrogen and oxygen atoms in total. The van der Waals surface area contributed by atoms with Gasteiger partial charge in [0.05, 0.1) is 0 Å². The number of hydrogen-bond donors (Lipinski definition) is 2. The second kappa shape index (κ2) is 9.40. The molecule has 0 aliphatic carbocycles. The average molecular weight is 290 g/mol. The zero-order valence-corrected chi connectivity index (χ0v) is 14.1. The lowest BCUT2D eigenvalue weighted by Gasteiger charge is -2.14. The molecule has 0 bridgehead atoms. The van der Waals surface area contributed by atoms with Gasteiger partial charge in [0, 0.05) is 26.7 Å². The molecule has 0 atom stereocenters. The van der Waals surface area contributed by atoms with E-state index in [1.807, 2.05) is 7.05 Å². The van der Waals surface area contributed by atoms with Crippen LogP contribution in [0, 0.1) is 5.92 Å². The summed E-state index contributed by atoms with van der Waals surface area (Å²) in [7, 11) is 5.99. The second-order valence-electron chi connectivity index (χ2n) is 6.09. The standard InChI is InChI=1S/C17H30N4/c1-14(2)9-10-19-17(18-3)20-12-15-7-6-8-16(11-15)13-21(4)5/h6-8,11,14H,9-10,12-13H2,1-5H3,(H2,18,19,20). The van der Waals surface area contributed by atoms with Gasteiger partial charge in [0.1, 0.15) is 0 Å². The molecular weight excluding hydrogens is 260 g/mol. The monoisotopic (exact) mass is 290 g/mol. The topological polar surface area (TPSA) is 39.7 Å². The SMILES string of the molecule is CN=C(NCCC(C)C)NCc1cccc(CN(C)C)c1. The van der Waals surface area contributed by atoms with E-state index >= 15 is 0 Å². The Morgan fingerprint density at radius 3 is 2.52 bits per heavy atom. The molecule has 21 heavy (non-hydrogen) atoms. The van der Waals surface area contributed by atoms with Crippen molar-refractivity contribution in [1.82, 2.24) is 15.5 Å². The van der Waals surface area contributed by atoms with Crippen molar-refractivity contribution < 1.29 is 0 Å². The van der Waals surface area contributed by atoms with Gasteiger partial charge >= 0.3 is 0 Å². The first-order chi connectivity index (χ1) is 10.0. The van der Waals surface area contributed by atoms with Crippen LogP contribution in [0.25, 0.3) is 0 Å². The maximum atomic E-state index is 4.26. The molecule has 0 heterocycles. The van der Waals surface area contributed by atoms with Crippen LogP contribution in [0.15, 0.2) is 29.3 Å². The lowest BCUT2D eigenvalue weighted by Crippen LogP contribution is -2.37. The van der Waals surface area contributed by atoms with Crippen molar-refractivity contribution in [3.63, 3.8) is 0 Å². The molecule has 2 N–H and O–H groups in total. The Bertz CT molecular complexity index is 438. The highest BCUT2D eigenvalue weighted by Crippen LogP contribution is 2.06. The van der Waals surface area contributed by atoms with Crippen LogP contribution in [0.5, 0.6) is 0 Å². The molecule has 0 unspecified atom stereocenters. The molecule has 0 amide bonds. The van der Waals surface area contributed by atoms with Gasteiger partial charge in [0.15, 0.2) is 5.96 Å². The van der Waals surface area contributed by atoms with Gasteiger partial charge in [0.2, 0.25) is 0 Å². The van der Waals surface area contributed by atoms with Gasteiger partial charge in [-0.15, -0.1) is 0 Å². The largest absolute Gasteiger partial charge is 0.356 e. The van der Waals surface area contributed by atoms with Gasteiger partial charge in [-0.25, -0.2) is 0 Å². The Balaban J connectivity index is 2.45. The van der Waals surface area contributed by atoms with Gasteiger partial charge in [0.25, 0.3) is 0 Å². The van der Waals surface area contributed by atoms with Crippen molar-refractivity contribution >= 4 is 5.96 Å². The van der Waals surface area contributed by atoms with Crippen molar-refractivity contribution in [2.45, 2.75) is 33.4 Å². The van der Waals surface area contributed by atoms with Crippen LogP contribution in [0.1, 0.15) is 31.4 Å². The fourth-order valence-electron chi connectivity index (χ4n) is 2.09. The minimum absolute atomic E-state index is 0.707. The predicted octanol–water partition coefficient (Wildman–Crippen LogP) is 2.46. The summed E-state index contributed by atoms with van der Waals surface area (Å²) in [5, 5.41) is 6.71. The quantitative estimate of drug-likeness (QED) is 0.598. The van der Waals surface area contributed by atoms with Crippen LogP contribution in [-0.4, -0.2) is 38.5 Å². The molecule has 1 aromatic rings. The van der Waals surface area contributed by atoms with E-state index in [9.17, 15) is 0 Å².